The van der Waals surface area contributed by atoms with Crippen LogP contribution in [-0.4, -0.2) is 35.7 Å². The molecule has 0 aliphatic heterocycles. The molecule has 0 heterocycles. The average molecular weight is 219 g/mol. The van der Waals surface area contributed by atoms with E-state index in [1.807, 2.05) is 0 Å². The van der Waals surface area contributed by atoms with Gasteiger partial charge in [-0.2, -0.15) is 10.2 Å². The highest BCUT2D eigenvalue weighted by molar-refractivity contribution is 8.30. The molecule has 2 atom stereocenters. The molecule has 0 amide bonds. The van der Waals surface area contributed by atoms with Crippen molar-refractivity contribution in [2.45, 2.75) is 46.6 Å². The first kappa shape index (κ1) is 14.3. The van der Waals surface area contributed by atoms with Gasteiger partial charge in [0.05, 0.1) is 0 Å². The van der Waals surface area contributed by atoms with Crippen molar-refractivity contribution in [3.05, 3.63) is 0 Å². The summed E-state index contributed by atoms with van der Waals surface area (Å²) in [6.45, 7) is 9.32. The third kappa shape index (κ3) is 3.47. The third-order valence-corrected chi connectivity index (χ3v) is 6.92. The van der Waals surface area contributed by atoms with Crippen LogP contribution in [0.1, 0.15) is 40.5 Å². The van der Waals surface area contributed by atoms with E-state index in [4.69, 9.17) is 0 Å². The van der Waals surface area contributed by atoms with Gasteiger partial charge in [-0.05, 0) is 37.7 Å². The largest absolute Gasteiger partial charge is 0.268 e. The minimum Gasteiger partial charge on any atom is -0.268 e. The topological polar surface area (TPSA) is 3.24 Å². The summed E-state index contributed by atoms with van der Waals surface area (Å²) < 4.78 is 2.65. The van der Waals surface area contributed by atoms with E-state index in [9.17, 15) is 0 Å². The number of hydrogen-bond acceptors (Lipinski definition) is 1. The quantitative estimate of drug-likeness (QED) is 0.658. The number of hydrogen-bond donors (Lipinski definition) is 0. The van der Waals surface area contributed by atoms with Crippen molar-refractivity contribution in [3.8, 4) is 0 Å². The van der Waals surface area contributed by atoms with Crippen LogP contribution in [0.3, 0.4) is 0 Å². The summed E-state index contributed by atoms with van der Waals surface area (Å²) >= 11 is 0. The van der Waals surface area contributed by atoms with Crippen molar-refractivity contribution in [1.82, 2.24) is 4.31 Å². The molecule has 0 aromatic carbocycles. The second-order valence-electron chi connectivity index (χ2n) is 4.68. The molecule has 0 saturated heterocycles. The van der Waals surface area contributed by atoms with Crippen LogP contribution in [0.5, 0.6) is 0 Å². The summed E-state index contributed by atoms with van der Waals surface area (Å²) in [6, 6.07) is 0.768. The Labute approximate surface area is 92.7 Å². The standard InChI is InChI=1S/C12H29NS/c1-8-11(4)12(9-2)13(5)14(6,7)10-3/h11-12H,8-10H2,1-7H3. The van der Waals surface area contributed by atoms with Gasteiger partial charge in [-0.3, -0.25) is 4.31 Å². The summed E-state index contributed by atoms with van der Waals surface area (Å²) in [5.41, 5.74) is 0. The molecule has 1 nitrogen and oxygen atoms in total. The molecule has 0 aromatic heterocycles. The molecular weight excluding hydrogens is 190 g/mol. The Morgan fingerprint density at radius 3 is 1.86 bits per heavy atom. The average Bonchev–Trinajstić information content (AvgIpc) is 2.18. The highest BCUT2D eigenvalue weighted by atomic mass is 32.3. The fourth-order valence-electron chi connectivity index (χ4n) is 1.86. The number of rotatable bonds is 6. The van der Waals surface area contributed by atoms with Gasteiger partial charge in [0.25, 0.3) is 0 Å². The Balaban J connectivity index is 4.52. The molecule has 0 aliphatic rings. The van der Waals surface area contributed by atoms with Gasteiger partial charge in [0.1, 0.15) is 0 Å². The summed E-state index contributed by atoms with van der Waals surface area (Å²) in [4.78, 5) is 0. The lowest BCUT2D eigenvalue weighted by atomic mass is 9.97. The molecule has 2 heteroatoms. The molecule has 0 N–H and O–H groups in total. The summed E-state index contributed by atoms with van der Waals surface area (Å²) in [5, 5.41) is 0. The third-order valence-electron chi connectivity index (χ3n) is 3.67. The zero-order chi connectivity index (χ0) is 11.4. The zero-order valence-corrected chi connectivity index (χ0v) is 11.9. The van der Waals surface area contributed by atoms with E-state index >= 15 is 0 Å². The Hall–Kier alpha value is 0.310. The van der Waals surface area contributed by atoms with Crippen molar-refractivity contribution >= 4 is 10.2 Å². The molecule has 0 spiro atoms. The fourth-order valence-corrected chi connectivity index (χ4v) is 3.36. The maximum absolute atomic E-state index is 2.65. The second kappa shape index (κ2) is 6.02. The van der Waals surface area contributed by atoms with Crippen LogP contribution in [0.25, 0.3) is 0 Å². The first-order chi connectivity index (χ1) is 6.40. The van der Waals surface area contributed by atoms with Crippen molar-refractivity contribution in [1.29, 1.82) is 0 Å². The van der Waals surface area contributed by atoms with E-state index in [0.29, 0.717) is 0 Å². The van der Waals surface area contributed by atoms with Gasteiger partial charge in [0.15, 0.2) is 0 Å². The van der Waals surface area contributed by atoms with Crippen LogP contribution in [0, 0.1) is 5.92 Å². The lowest BCUT2D eigenvalue weighted by Crippen LogP contribution is -2.38. The first-order valence-corrected chi connectivity index (χ1v) is 8.42. The van der Waals surface area contributed by atoms with Crippen molar-refractivity contribution < 1.29 is 0 Å². The number of nitrogens with zero attached hydrogens (tertiary/aromatic N) is 1. The monoisotopic (exact) mass is 219 g/mol. The van der Waals surface area contributed by atoms with E-state index in [2.05, 4.69) is 51.6 Å². The Morgan fingerprint density at radius 1 is 1.07 bits per heavy atom. The molecule has 0 fully saturated rings. The molecule has 0 saturated carbocycles. The maximum atomic E-state index is 2.65. The summed E-state index contributed by atoms with van der Waals surface area (Å²) in [6.07, 6.45) is 7.43. The van der Waals surface area contributed by atoms with Crippen LogP contribution in [0.4, 0.5) is 0 Å². The lowest BCUT2D eigenvalue weighted by molar-refractivity contribution is 0.280. The van der Waals surface area contributed by atoms with E-state index in [0.717, 1.165) is 12.0 Å². The second-order valence-corrected chi connectivity index (χ2v) is 8.79. The van der Waals surface area contributed by atoms with Crippen LogP contribution < -0.4 is 0 Å². The lowest BCUT2D eigenvalue weighted by Gasteiger charge is -2.46. The molecule has 0 aromatic rings. The zero-order valence-electron chi connectivity index (χ0n) is 11.1. The highest BCUT2D eigenvalue weighted by Gasteiger charge is 2.26. The van der Waals surface area contributed by atoms with E-state index < -0.39 is 10.2 Å². The molecule has 0 aliphatic carbocycles. The Morgan fingerprint density at radius 2 is 1.57 bits per heavy atom. The fraction of sp³-hybridized carbons (Fsp3) is 1.00. The van der Waals surface area contributed by atoms with Crippen molar-refractivity contribution in [2.75, 3.05) is 25.3 Å². The van der Waals surface area contributed by atoms with Gasteiger partial charge in [0, 0.05) is 6.04 Å². The molecule has 0 rings (SSSR count). The van der Waals surface area contributed by atoms with E-state index in [1.165, 1.54) is 18.6 Å². The van der Waals surface area contributed by atoms with Gasteiger partial charge in [-0.25, -0.2) is 0 Å². The van der Waals surface area contributed by atoms with Crippen molar-refractivity contribution in [2.24, 2.45) is 5.92 Å². The maximum Gasteiger partial charge on any atom is 0.0206 e. The molecular formula is C12H29NS. The Kier molecular flexibility index (Phi) is 6.15. The summed E-state index contributed by atoms with van der Waals surface area (Å²) in [7, 11) is 1.79. The molecule has 88 valence electrons. The Bertz CT molecular complexity index is 156. The van der Waals surface area contributed by atoms with Gasteiger partial charge in [-0.15, -0.1) is 0 Å². The highest BCUT2D eigenvalue weighted by Crippen LogP contribution is 2.45. The first-order valence-electron chi connectivity index (χ1n) is 5.84. The van der Waals surface area contributed by atoms with Gasteiger partial charge >= 0.3 is 0 Å². The minimum atomic E-state index is -0.531. The van der Waals surface area contributed by atoms with E-state index in [1.54, 1.807) is 0 Å². The van der Waals surface area contributed by atoms with Crippen LogP contribution >= 0.6 is 10.2 Å². The van der Waals surface area contributed by atoms with Crippen LogP contribution in [0.15, 0.2) is 0 Å². The van der Waals surface area contributed by atoms with Crippen molar-refractivity contribution in [3.63, 3.8) is 0 Å². The SMILES string of the molecule is CCC(C)C(CC)N(C)S(C)(C)CC. The van der Waals surface area contributed by atoms with Gasteiger partial charge in [-0.1, -0.05) is 34.1 Å². The van der Waals surface area contributed by atoms with E-state index in [-0.39, 0.29) is 0 Å². The van der Waals surface area contributed by atoms with Gasteiger partial charge in [0.2, 0.25) is 0 Å². The molecule has 2 unspecified atom stereocenters. The van der Waals surface area contributed by atoms with Gasteiger partial charge < -0.3 is 0 Å². The molecule has 14 heavy (non-hydrogen) atoms. The smallest absolute Gasteiger partial charge is 0.0206 e. The molecule has 0 bridgehead atoms. The predicted molar refractivity (Wildman–Crippen MR) is 71.3 cm³/mol. The predicted octanol–water partition coefficient (Wildman–Crippen LogP) is 3.74. The van der Waals surface area contributed by atoms with Crippen LogP contribution in [0.2, 0.25) is 0 Å². The summed E-state index contributed by atoms with van der Waals surface area (Å²) in [5.74, 6) is 2.12. The molecule has 0 radical (unpaired) electrons. The normalized spacial score (nSPS) is 18.3. The minimum absolute atomic E-state index is 0.531. The van der Waals surface area contributed by atoms with Crippen LogP contribution in [-0.2, 0) is 0 Å².